The largest absolute Gasteiger partial charge is 0.355 e. The van der Waals surface area contributed by atoms with Crippen molar-refractivity contribution in [3.05, 3.63) is 0 Å². The van der Waals surface area contributed by atoms with Gasteiger partial charge in [0.05, 0.1) is 6.54 Å². The fourth-order valence-electron chi connectivity index (χ4n) is 0.983. The van der Waals surface area contributed by atoms with Crippen LogP contribution in [0, 0.1) is 5.92 Å². The third-order valence-electron chi connectivity index (χ3n) is 1.87. The molecule has 1 aliphatic rings. The second-order valence-electron chi connectivity index (χ2n) is 2.99. The maximum Gasteiger partial charge on any atom is 0.234 e. The summed E-state index contributed by atoms with van der Waals surface area (Å²) in [6.45, 7) is 1.17. The van der Waals surface area contributed by atoms with Gasteiger partial charge in [0, 0.05) is 6.54 Å². The molecule has 1 fully saturated rings. The molecule has 0 radical (unpaired) electrons. The Morgan fingerprint density at radius 1 is 1.58 bits per heavy atom. The molecule has 0 bridgehead atoms. The van der Waals surface area contributed by atoms with E-state index in [0.717, 1.165) is 18.9 Å². The first-order valence-electron chi connectivity index (χ1n) is 4.13. The van der Waals surface area contributed by atoms with Crippen molar-refractivity contribution in [2.45, 2.75) is 19.3 Å². The number of nitrogens with one attached hydrogen (secondary N) is 2. The molecule has 3 nitrogen and oxygen atoms in total. The fourth-order valence-corrected chi connectivity index (χ4v) is 1.37. The topological polar surface area (TPSA) is 41.1 Å². The molecule has 1 aliphatic carbocycles. The molecule has 0 heterocycles. The van der Waals surface area contributed by atoms with Crippen molar-refractivity contribution >= 4 is 28.5 Å². The zero-order valence-corrected chi connectivity index (χ0v) is 8.59. The Balaban J connectivity index is 1.86. The van der Waals surface area contributed by atoms with E-state index in [-0.39, 0.29) is 5.91 Å². The van der Waals surface area contributed by atoms with Gasteiger partial charge in [-0.25, -0.2) is 4.72 Å². The standard InChI is InChI=1S/C7H14N2OS2/c10-7(5-9-12-11)8-4-3-6-1-2-6/h6,9,11H,1-5H2,(H,8,10). The van der Waals surface area contributed by atoms with Crippen LogP contribution >= 0.6 is 22.6 Å². The van der Waals surface area contributed by atoms with Gasteiger partial charge in [0.1, 0.15) is 0 Å². The lowest BCUT2D eigenvalue weighted by molar-refractivity contribution is -0.119. The van der Waals surface area contributed by atoms with Gasteiger partial charge in [-0.3, -0.25) is 4.79 Å². The van der Waals surface area contributed by atoms with Crippen LogP contribution in [0.15, 0.2) is 0 Å². The number of carbonyl (C=O) groups is 1. The first-order valence-corrected chi connectivity index (χ1v) is 6.00. The van der Waals surface area contributed by atoms with Crippen LogP contribution in [0.2, 0.25) is 0 Å². The Morgan fingerprint density at radius 2 is 2.33 bits per heavy atom. The van der Waals surface area contributed by atoms with Gasteiger partial charge in [-0.1, -0.05) is 24.5 Å². The van der Waals surface area contributed by atoms with Crippen LogP contribution in [0.3, 0.4) is 0 Å². The number of hydrogen-bond donors (Lipinski definition) is 3. The molecule has 0 aromatic heterocycles. The number of hydrogen-bond acceptors (Lipinski definition) is 4. The van der Waals surface area contributed by atoms with E-state index in [4.69, 9.17) is 0 Å². The molecule has 0 unspecified atom stereocenters. The zero-order valence-electron chi connectivity index (χ0n) is 6.88. The van der Waals surface area contributed by atoms with Crippen molar-refractivity contribution in [3.8, 4) is 0 Å². The summed E-state index contributed by atoms with van der Waals surface area (Å²) in [5.74, 6) is 0.940. The number of rotatable bonds is 6. The molecule has 1 saturated carbocycles. The van der Waals surface area contributed by atoms with Crippen molar-refractivity contribution in [1.29, 1.82) is 0 Å². The van der Waals surface area contributed by atoms with E-state index in [1.165, 1.54) is 23.8 Å². The van der Waals surface area contributed by atoms with E-state index in [1.54, 1.807) is 0 Å². The highest BCUT2D eigenvalue weighted by atomic mass is 33.1. The van der Waals surface area contributed by atoms with Crippen LogP contribution in [0.1, 0.15) is 19.3 Å². The average molecular weight is 206 g/mol. The van der Waals surface area contributed by atoms with Crippen LogP contribution in [0.5, 0.6) is 0 Å². The van der Waals surface area contributed by atoms with E-state index >= 15 is 0 Å². The SMILES string of the molecule is O=C(CNSS)NCCC1CC1. The smallest absolute Gasteiger partial charge is 0.234 e. The zero-order chi connectivity index (χ0) is 8.81. The predicted molar refractivity (Wildman–Crippen MR) is 54.9 cm³/mol. The van der Waals surface area contributed by atoms with Crippen molar-refractivity contribution in [2.75, 3.05) is 13.1 Å². The van der Waals surface area contributed by atoms with E-state index < -0.39 is 0 Å². The van der Waals surface area contributed by atoms with Crippen LogP contribution in [0.4, 0.5) is 0 Å². The van der Waals surface area contributed by atoms with Gasteiger partial charge in [0.2, 0.25) is 5.91 Å². The van der Waals surface area contributed by atoms with Crippen molar-refractivity contribution in [3.63, 3.8) is 0 Å². The molecule has 70 valence electrons. The summed E-state index contributed by atoms with van der Waals surface area (Å²) in [5.41, 5.74) is 0. The van der Waals surface area contributed by atoms with E-state index in [2.05, 4.69) is 21.7 Å². The van der Waals surface area contributed by atoms with Gasteiger partial charge in [-0.2, -0.15) is 0 Å². The van der Waals surface area contributed by atoms with E-state index in [9.17, 15) is 4.79 Å². The van der Waals surface area contributed by atoms with Gasteiger partial charge in [0.15, 0.2) is 0 Å². The van der Waals surface area contributed by atoms with Crippen LogP contribution < -0.4 is 10.0 Å². The van der Waals surface area contributed by atoms with Gasteiger partial charge in [-0.05, 0) is 23.3 Å². The molecule has 1 amide bonds. The second-order valence-corrected chi connectivity index (χ2v) is 4.01. The lowest BCUT2D eigenvalue weighted by Crippen LogP contribution is -2.31. The fraction of sp³-hybridized carbons (Fsp3) is 0.857. The summed E-state index contributed by atoms with van der Waals surface area (Å²) in [7, 11) is 1.17. The van der Waals surface area contributed by atoms with Crippen molar-refractivity contribution in [1.82, 2.24) is 10.0 Å². The van der Waals surface area contributed by atoms with Crippen LogP contribution in [0.25, 0.3) is 0 Å². The van der Waals surface area contributed by atoms with Gasteiger partial charge in [-0.15, -0.1) is 0 Å². The maximum absolute atomic E-state index is 11.0. The molecule has 0 aromatic rings. The molecular formula is C7H14N2OS2. The Labute approximate surface area is 82.0 Å². The number of thiol groups is 1. The summed E-state index contributed by atoms with van der Waals surface area (Å²) < 4.78 is 2.77. The van der Waals surface area contributed by atoms with E-state index in [0.29, 0.717) is 6.54 Å². The Kier molecular flexibility index (Phi) is 4.87. The first-order chi connectivity index (χ1) is 5.83. The normalized spacial score (nSPS) is 16.1. The molecule has 12 heavy (non-hydrogen) atoms. The number of carbonyl (C=O) groups excluding carboxylic acids is 1. The molecule has 0 aromatic carbocycles. The first kappa shape index (κ1) is 10.2. The average Bonchev–Trinajstić information content (AvgIpc) is 2.84. The molecular weight excluding hydrogens is 192 g/mol. The molecule has 0 saturated heterocycles. The molecule has 0 atom stereocenters. The lowest BCUT2D eigenvalue weighted by Gasteiger charge is -2.03. The molecule has 0 spiro atoms. The second kappa shape index (κ2) is 5.72. The summed E-state index contributed by atoms with van der Waals surface area (Å²) >= 11 is 3.85. The van der Waals surface area contributed by atoms with Crippen molar-refractivity contribution < 1.29 is 4.79 Å². The predicted octanol–water partition coefficient (Wildman–Crippen LogP) is 0.985. The lowest BCUT2D eigenvalue weighted by atomic mass is 10.3. The van der Waals surface area contributed by atoms with Gasteiger partial charge >= 0.3 is 0 Å². The minimum Gasteiger partial charge on any atom is -0.355 e. The Bertz CT molecular complexity index is 150. The van der Waals surface area contributed by atoms with Crippen molar-refractivity contribution in [2.24, 2.45) is 5.92 Å². The maximum atomic E-state index is 11.0. The van der Waals surface area contributed by atoms with Crippen LogP contribution in [-0.4, -0.2) is 19.0 Å². The highest BCUT2D eigenvalue weighted by Gasteiger charge is 2.20. The minimum absolute atomic E-state index is 0.0530. The third kappa shape index (κ3) is 4.90. The van der Waals surface area contributed by atoms with E-state index in [1.807, 2.05) is 0 Å². The molecule has 5 heteroatoms. The molecule has 2 N–H and O–H groups in total. The molecule has 0 aliphatic heterocycles. The van der Waals surface area contributed by atoms with Crippen LogP contribution in [-0.2, 0) is 4.79 Å². The summed E-state index contributed by atoms with van der Waals surface area (Å²) in [6.07, 6.45) is 3.83. The summed E-state index contributed by atoms with van der Waals surface area (Å²) in [4.78, 5) is 11.0. The highest BCUT2D eigenvalue weighted by Crippen LogP contribution is 2.31. The number of amides is 1. The Hall–Kier alpha value is 0.130. The summed E-state index contributed by atoms with van der Waals surface area (Å²) in [6, 6.07) is 0. The quantitative estimate of drug-likeness (QED) is 0.345. The van der Waals surface area contributed by atoms with Gasteiger partial charge < -0.3 is 5.32 Å². The minimum atomic E-state index is 0.0530. The Morgan fingerprint density at radius 3 is 2.92 bits per heavy atom. The van der Waals surface area contributed by atoms with Gasteiger partial charge in [0.25, 0.3) is 0 Å². The molecule has 1 rings (SSSR count). The third-order valence-corrected chi connectivity index (χ3v) is 2.53. The highest BCUT2D eigenvalue weighted by molar-refractivity contribution is 8.67. The monoisotopic (exact) mass is 206 g/mol. The summed E-state index contributed by atoms with van der Waals surface area (Å²) in [5, 5.41) is 2.84.